The average molecular weight is 344 g/mol. The van der Waals surface area contributed by atoms with E-state index in [0.29, 0.717) is 6.54 Å². The molecule has 0 atom stereocenters. The second-order valence-corrected chi connectivity index (χ2v) is 6.37. The smallest absolute Gasteiger partial charge is 0.251 e. The van der Waals surface area contributed by atoms with Gasteiger partial charge in [0, 0.05) is 23.6 Å². The first-order valence-electron chi connectivity index (χ1n) is 8.72. The molecule has 2 aromatic heterocycles. The fourth-order valence-corrected chi connectivity index (χ4v) is 3.36. The lowest BCUT2D eigenvalue weighted by atomic mass is 10.1. The Balaban J connectivity index is 1.96. The third-order valence-electron chi connectivity index (χ3n) is 4.61. The molecule has 0 N–H and O–H groups in total. The fraction of sp³-hybridized carbons (Fsp3) is 0.190. The highest BCUT2D eigenvalue weighted by Gasteiger charge is 2.14. The van der Waals surface area contributed by atoms with Gasteiger partial charge in [-0.3, -0.25) is 4.79 Å². The minimum Gasteiger partial charge on any atom is -0.309 e. The molecule has 0 fully saturated rings. The van der Waals surface area contributed by atoms with Crippen LogP contribution in [0.5, 0.6) is 0 Å². The number of pyridine rings is 1. The zero-order valence-electron chi connectivity index (χ0n) is 15.1. The quantitative estimate of drug-likeness (QED) is 0.567. The summed E-state index contributed by atoms with van der Waals surface area (Å²) in [4.78, 5) is 16.9. The molecule has 0 saturated heterocycles. The number of benzene rings is 2. The number of hydrogen-bond acceptors (Lipinski definition) is 3. The van der Waals surface area contributed by atoms with Gasteiger partial charge in [-0.05, 0) is 56.7 Å². The molecule has 130 valence electrons. The maximum atomic E-state index is 12.2. The lowest BCUT2D eigenvalue weighted by Crippen LogP contribution is -2.19. The summed E-state index contributed by atoms with van der Waals surface area (Å²) in [6.07, 6.45) is 0. The van der Waals surface area contributed by atoms with Gasteiger partial charge in [0.25, 0.3) is 5.56 Å². The highest BCUT2D eigenvalue weighted by Crippen LogP contribution is 2.26. The molecule has 5 heteroatoms. The molecule has 26 heavy (non-hydrogen) atoms. The molecule has 4 aromatic rings. The van der Waals surface area contributed by atoms with E-state index in [9.17, 15) is 4.79 Å². The van der Waals surface area contributed by atoms with E-state index in [4.69, 9.17) is 0 Å². The molecule has 4 rings (SSSR count). The first-order chi connectivity index (χ1) is 12.6. The fourth-order valence-electron chi connectivity index (χ4n) is 3.36. The number of aryl methyl sites for hydroxylation is 3. The maximum Gasteiger partial charge on any atom is 0.251 e. The lowest BCUT2D eigenvalue weighted by Gasteiger charge is -2.12. The van der Waals surface area contributed by atoms with Crippen molar-refractivity contribution >= 4 is 10.9 Å². The topological polar surface area (TPSA) is 52.7 Å². The predicted molar refractivity (Wildman–Crippen MR) is 104 cm³/mol. The third-order valence-corrected chi connectivity index (χ3v) is 4.61. The van der Waals surface area contributed by atoms with Crippen molar-refractivity contribution in [2.45, 2.75) is 27.3 Å². The van der Waals surface area contributed by atoms with Crippen molar-refractivity contribution in [2.75, 3.05) is 0 Å². The van der Waals surface area contributed by atoms with E-state index in [1.807, 2.05) is 67.9 Å². The number of para-hydroxylation sites is 1. The van der Waals surface area contributed by atoms with Crippen LogP contribution in [0.25, 0.3) is 28.0 Å². The van der Waals surface area contributed by atoms with Crippen LogP contribution < -0.4 is 5.56 Å². The molecular formula is C21H20N4O. The summed E-state index contributed by atoms with van der Waals surface area (Å²) in [5.74, 6) is 1.52. The molecule has 0 aliphatic rings. The van der Waals surface area contributed by atoms with Crippen molar-refractivity contribution in [1.29, 1.82) is 0 Å². The largest absolute Gasteiger partial charge is 0.309 e. The summed E-state index contributed by atoms with van der Waals surface area (Å²) in [5, 5.41) is 5.62. The zero-order valence-corrected chi connectivity index (χ0v) is 15.1. The van der Waals surface area contributed by atoms with Crippen LogP contribution in [0.1, 0.15) is 18.3 Å². The molecule has 5 nitrogen and oxygen atoms in total. The Bertz CT molecular complexity index is 1160. The van der Waals surface area contributed by atoms with Gasteiger partial charge in [-0.2, -0.15) is 5.10 Å². The molecule has 2 heterocycles. The Morgan fingerprint density at radius 2 is 1.77 bits per heavy atom. The Labute approximate surface area is 151 Å². The van der Waals surface area contributed by atoms with Crippen molar-refractivity contribution in [3.05, 3.63) is 76.3 Å². The van der Waals surface area contributed by atoms with Gasteiger partial charge in [0.15, 0.2) is 5.82 Å². The monoisotopic (exact) mass is 344 g/mol. The number of hydrogen-bond donors (Lipinski definition) is 0. The highest BCUT2D eigenvalue weighted by atomic mass is 16.1. The normalized spacial score (nSPS) is 11.2. The van der Waals surface area contributed by atoms with Gasteiger partial charge < -0.3 is 4.57 Å². The van der Waals surface area contributed by atoms with Gasteiger partial charge >= 0.3 is 0 Å². The minimum atomic E-state index is 0.0357. The van der Waals surface area contributed by atoms with Crippen molar-refractivity contribution in [1.82, 2.24) is 19.3 Å². The number of aromatic nitrogens is 4. The standard InChI is InChI=1S/C21H20N4O/c1-4-24-19-11-10-16(13-18(19)14(2)12-20(24)26)21-22-15(3)23-25(21)17-8-6-5-7-9-17/h5-13H,4H2,1-3H3. The van der Waals surface area contributed by atoms with Gasteiger partial charge in [0.05, 0.1) is 11.2 Å². The van der Waals surface area contributed by atoms with Crippen LogP contribution >= 0.6 is 0 Å². The first-order valence-corrected chi connectivity index (χ1v) is 8.72. The van der Waals surface area contributed by atoms with E-state index < -0.39 is 0 Å². The molecular weight excluding hydrogens is 324 g/mol. The first kappa shape index (κ1) is 16.3. The molecule has 0 aliphatic heterocycles. The van der Waals surface area contributed by atoms with Gasteiger partial charge in [-0.1, -0.05) is 18.2 Å². The predicted octanol–water partition coefficient (Wildman–Crippen LogP) is 3.89. The summed E-state index contributed by atoms with van der Waals surface area (Å²) in [6.45, 7) is 6.50. The summed E-state index contributed by atoms with van der Waals surface area (Å²) in [5.41, 5.74) is 3.90. The molecule has 2 aromatic carbocycles. The van der Waals surface area contributed by atoms with Gasteiger partial charge in [0.1, 0.15) is 5.82 Å². The Kier molecular flexibility index (Phi) is 3.92. The van der Waals surface area contributed by atoms with Crippen LogP contribution in [0.15, 0.2) is 59.4 Å². The van der Waals surface area contributed by atoms with Crippen LogP contribution in [-0.4, -0.2) is 19.3 Å². The molecule has 0 spiro atoms. The summed E-state index contributed by atoms with van der Waals surface area (Å²) in [7, 11) is 0. The Morgan fingerprint density at radius 3 is 2.50 bits per heavy atom. The maximum absolute atomic E-state index is 12.2. The van der Waals surface area contributed by atoms with Crippen LogP contribution in [0.4, 0.5) is 0 Å². The number of fused-ring (bicyclic) bond motifs is 1. The minimum absolute atomic E-state index is 0.0357. The van der Waals surface area contributed by atoms with E-state index in [-0.39, 0.29) is 5.56 Å². The molecule has 0 radical (unpaired) electrons. The van der Waals surface area contributed by atoms with Crippen molar-refractivity contribution in [3.63, 3.8) is 0 Å². The summed E-state index contributed by atoms with van der Waals surface area (Å²) in [6, 6.07) is 17.8. The van der Waals surface area contributed by atoms with Crippen molar-refractivity contribution in [2.24, 2.45) is 0 Å². The van der Waals surface area contributed by atoms with Crippen LogP contribution in [0.2, 0.25) is 0 Å². The van der Waals surface area contributed by atoms with E-state index in [1.54, 1.807) is 10.6 Å². The molecule has 0 saturated carbocycles. The summed E-state index contributed by atoms with van der Waals surface area (Å²) < 4.78 is 3.65. The highest BCUT2D eigenvalue weighted by molar-refractivity contribution is 5.86. The molecule has 0 aliphatic carbocycles. The van der Waals surface area contributed by atoms with E-state index in [0.717, 1.165) is 39.4 Å². The molecule has 0 unspecified atom stereocenters. The van der Waals surface area contributed by atoms with Crippen LogP contribution in [-0.2, 0) is 6.54 Å². The Hall–Kier alpha value is -3.21. The van der Waals surface area contributed by atoms with Crippen LogP contribution in [0.3, 0.4) is 0 Å². The lowest BCUT2D eigenvalue weighted by molar-refractivity contribution is 0.758. The zero-order chi connectivity index (χ0) is 18.3. The van der Waals surface area contributed by atoms with E-state index in [2.05, 4.69) is 16.1 Å². The number of nitrogens with zero attached hydrogens (tertiary/aromatic N) is 4. The van der Waals surface area contributed by atoms with Crippen molar-refractivity contribution in [3.8, 4) is 17.1 Å². The van der Waals surface area contributed by atoms with Gasteiger partial charge in [-0.25, -0.2) is 9.67 Å². The summed E-state index contributed by atoms with van der Waals surface area (Å²) >= 11 is 0. The van der Waals surface area contributed by atoms with Crippen molar-refractivity contribution < 1.29 is 0 Å². The van der Waals surface area contributed by atoms with Crippen LogP contribution in [0, 0.1) is 13.8 Å². The third kappa shape index (κ3) is 2.62. The van der Waals surface area contributed by atoms with E-state index in [1.165, 1.54) is 0 Å². The second kappa shape index (κ2) is 6.26. The second-order valence-electron chi connectivity index (χ2n) is 6.37. The molecule has 0 amide bonds. The molecule has 0 bridgehead atoms. The van der Waals surface area contributed by atoms with Gasteiger partial charge in [-0.15, -0.1) is 0 Å². The SMILES string of the molecule is CCn1c(=O)cc(C)c2cc(-c3nc(C)nn3-c3ccccc3)ccc21. The van der Waals surface area contributed by atoms with Gasteiger partial charge in [0.2, 0.25) is 0 Å². The Morgan fingerprint density at radius 1 is 1.00 bits per heavy atom. The number of rotatable bonds is 3. The average Bonchev–Trinajstić information content (AvgIpc) is 3.04. The van der Waals surface area contributed by atoms with E-state index >= 15 is 0 Å².